The van der Waals surface area contributed by atoms with Crippen LogP contribution in [0.2, 0.25) is 0 Å². The van der Waals surface area contributed by atoms with E-state index in [1.807, 2.05) is 24.3 Å². The molecule has 144 valence electrons. The summed E-state index contributed by atoms with van der Waals surface area (Å²) >= 11 is 3.44. The Morgan fingerprint density at radius 2 is 1.75 bits per heavy atom. The van der Waals surface area contributed by atoms with Crippen LogP contribution in [0.25, 0.3) is 10.8 Å². The van der Waals surface area contributed by atoms with Crippen molar-refractivity contribution in [3.05, 3.63) is 74.6 Å². The van der Waals surface area contributed by atoms with E-state index >= 15 is 0 Å². The zero-order valence-electron chi connectivity index (χ0n) is 15.4. The molecule has 3 rings (SSSR count). The highest BCUT2D eigenvalue weighted by Gasteiger charge is 2.19. The summed E-state index contributed by atoms with van der Waals surface area (Å²) in [5.41, 5.74) is 0.630. The number of ether oxygens (including phenoxy) is 1. The van der Waals surface area contributed by atoms with Gasteiger partial charge < -0.3 is 9.64 Å². The lowest BCUT2D eigenvalue weighted by Gasteiger charge is -2.18. The first-order valence-corrected chi connectivity index (χ1v) is 9.28. The van der Waals surface area contributed by atoms with Crippen LogP contribution in [-0.2, 0) is 23.1 Å². The molecule has 0 saturated heterocycles. The summed E-state index contributed by atoms with van der Waals surface area (Å²) in [6, 6.07) is 14.2. The van der Waals surface area contributed by atoms with Gasteiger partial charge >= 0.3 is 5.97 Å². The SMILES string of the molecule is CN(Cc1ccccc1Br)C(=O)COC(=O)c1nn(C)c(=O)c2ccccc12. The lowest BCUT2D eigenvalue weighted by molar-refractivity contribution is -0.133. The van der Waals surface area contributed by atoms with Gasteiger partial charge in [0.25, 0.3) is 11.5 Å². The van der Waals surface area contributed by atoms with Crippen LogP contribution in [0.1, 0.15) is 16.1 Å². The second-order valence-electron chi connectivity index (χ2n) is 6.24. The molecule has 3 aromatic rings. The van der Waals surface area contributed by atoms with Crippen molar-refractivity contribution in [1.82, 2.24) is 14.7 Å². The molecule has 0 aliphatic rings. The summed E-state index contributed by atoms with van der Waals surface area (Å²) in [5.74, 6) is -1.10. The first-order chi connectivity index (χ1) is 13.4. The van der Waals surface area contributed by atoms with Gasteiger partial charge in [-0.1, -0.05) is 52.3 Å². The summed E-state index contributed by atoms with van der Waals surface area (Å²) < 4.78 is 7.14. The topological polar surface area (TPSA) is 81.5 Å². The van der Waals surface area contributed by atoms with Gasteiger partial charge in [-0.15, -0.1) is 0 Å². The van der Waals surface area contributed by atoms with Gasteiger partial charge in [0.15, 0.2) is 12.3 Å². The Kier molecular flexibility index (Phi) is 5.89. The van der Waals surface area contributed by atoms with Crippen molar-refractivity contribution in [2.75, 3.05) is 13.7 Å². The van der Waals surface area contributed by atoms with E-state index in [0.29, 0.717) is 17.3 Å². The number of hydrogen-bond donors (Lipinski definition) is 0. The number of rotatable bonds is 5. The number of benzene rings is 2. The molecule has 8 heteroatoms. The summed E-state index contributed by atoms with van der Waals surface area (Å²) in [7, 11) is 3.09. The summed E-state index contributed by atoms with van der Waals surface area (Å²) in [6.07, 6.45) is 0. The fourth-order valence-corrected chi connectivity index (χ4v) is 3.14. The Labute approximate surface area is 169 Å². The lowest BCUT2D eigenvalue weighted by Crippen LogP contribution is -2.31. The van der Waals surface area contributed by atoms with Crippen molar-refractivity contribution < 1.29 is 14.3 Å². The molecule has 0 aliphatic carbocycles. The quantitative estimate of drug-likeness (QED) is 0.565. The molecule has 0 saturated carbocycles. The Hall–Kier alpha value is -3.00. The lowest BCUT2D eigenvalue weighted by atomic mass is 10.1. The van der Waals surface area contributed by atoms with Crippen molar-refractivity contribution in [2.45, 2.75) is 6.54 Å². The fourth-order valence-electron chi connectivity index (χ4n) is 2.73. The number of hydrogen-bond acceptors (Lipinski definition) is 5. The number of halogens is 1. The Balaban J connectivity index is 1.71. The molecule has 0 spiro atoms. The van der Waals surface area contributed by atoms with E-state index < -0.39 is 12.6 Å². The largest absolute Gasteiger partial charge is 0.451 e. The van der Waals surface area contributed by atoms with Crippen molar-refractivity contribution >= 4 is 38.6 Å². The molecular weight excluding hydrogens is 426 g/mol. The second kappa shape index (κ2) is 8.35. The maximum Gasteiger partial charge on any atom is 0.359 e. The molecule has 0 aliphatic heterocycles. The molecule has 1 heterocycles. The van der Waals surface area contributed by atoms with Gasteiger partial charge in [-0.3, -0.25) is 9.59 Å². The zero-order chi connectivity index (χ0) is 20.3. The molecule has 1 amide bonds. The van der Waals surface area contributed by atoms with Crippen molar-refractivity contribution in [3.63, 3.8) is 0 Å². The van der Waals surface area contributed by atoms with E-state index in [-0.39, 0.29) is 17.2 Å². The number of likely N-dealkylation sites (N-methyl/N-ethyl adjacent to an activating group) is 1. The molecule has 0 atom stereocenters. The Bertz CT molecular complexity index is 1110. The average Bonchev–Trinajstić information content (AvgIpc) is 2.70. The number of aromatic nitrogens is 2. The van der Waals surface area contributed by atoms with E-state index in [9.17, 15) is 14.4 Å². The number of carbonyl (C=O) groups excluding carboxylic acids is 2. The van der Waals surface area contributed by atoms with Crippen LogP contribution in [0, 0.1) is 0 Å². The first kappa shape index (κ1) is 19.8. The summed E-state index contributed by atoms with van der Waals surface area (Å²) in [5, 5.41) is 4.76. The van der Waals surface area contributed by atoms with Crippen molar-refractivity contribution in [2.24, 2.45) is 7.05 Å². The van der Waals surface area contributed by atoms with E-state index in [0.717, 1.165) is 14.7 Å². The van der Waals surface area contributed by atoms with Gasteiger partial charge in [-0.25, -0.2) is 9.48 Å². The minimum Gasteiger partial charge on any atom is -0.451 e. The third-order valence-corrected chi connectivity index (χ3v) is 5.04. The van der Waals surface area contributed by atoms with Crippen LogP contribution >= 0.6 is 15.9 Å². The number of esters is 1. The van der Waals surface area contributed by atoms with Gasteiger partial charge in [0.1, 0.15) is 0 Å². The standard InChI is InChI=1S/C20H18BrN3O4/c1-23(11-13-7-3-6-10-16(13)21)17(25)12-28-20(27)18-14-8-4-5-9-15(14)19(26)24(2)22-18/h3-10H,11-12H2,1-2H3. The number of aryl methyl sites for hydroxylation is 1. The minimum atomic E-state index is -0.755. The van der Waals surface area contributed by atoms with Crippen molar-refractivity contribution in [1.29, 1.82) is 0 Å². The normalized spacial score (nSPS) is 10.7. The van der Waals surface area contributed by atoms with Crippen LogP contribution in [0.3, 0.4) is 0 Å². The monoisotopic (exact) mass is 443 g/mol. The van der Waals surface area contributed by atoms with Crippen LogP contribution in [0.5, 0.6) is 0 Å². The molecule has 2 aromatic carbocycles. The molecule has 0 radical (unpaired) electrons. The number of carbonyl (C=O) groups is 2. The third kappa shape index (κ3) is 4.12. The van der Waals surface area contributed by atoms with Gasteiger partial charge in [0.2, 0.25) is 0 Å². The number of amides is 1. The molecule has 0 bridgehead atoms. The third-order valence-electron chi connectivity index (χ3n) is 4.27. The highest BCUT2D eigenvalue weighted by atomic mass is 79.9. The van der Waals surface area contributed by atoms with E-state index in [2.05, 4.69) is 21.0 Å². The average molecular weight is 444 g/mol. The zero-order valence-corrected chi connectivity index (χ0v) is 17.0. The van der Waals surface area contributed by atoms with E-state index in [4.69, 9.17) is 4.74 Å². The first-order valence-electron chi connectivity index (χ1n) is 8.49. The highest BCUT2D eigenvalue weighted by Crippen LogP contribution is 2.17. The number of nitrogens with zero attached hydrogens (tertiary/aromatic N) is 3. The second-order valence-corrected chi connectivity index (χ2v) is 7.09. The molecule has 28 heavy (non-hydrogen) atoms. The molecular formula is C20H18BrN3O4. The van der Waals surface area contributed by atoms with Gasteiger partial charge in [0, 0.05) is 30.5 Å². The van der Waals surface area contributed by atoms with Crippen LogP contribution in [0.15, 0.2) is 57.8 Å². The summed E-state index contributed by atoms with van der Waals surface area (Å²) in [4.78, 5) is 38.4. The van der Waals surface area contributed by atoms with Crippen LogP contribution in [0.4, 0.5) is 0 Å². The molecule has 0 N–H and O–H groups in total. The number of fused-ring (bicyclic) bond motifs is 1. The highest BCUT2D eigenvalue weighted by molar-refractivity contribution is 9.10. The van der Waals surface area contributed by atoms with E-state index in [1.165, 1.54) is 11.9 Å². The fraction of sp³-hybridized carbons (Fsp3) is 0.200. The van der Waals surface area contributed by atoms with Gasteiger partial charge in [-0.05, 0) is 17.7 Å². The maximum atomic E-state index is 12.5. The predicted octanol–water partition coefficient (Wildman–Crippen LogP) is 2.51. The van der Waals surface area contributed by atoms with Crippen molar-refractivity contribution in [3.8, 4) is 0 Å². The Morgan fingerprint density at radius 1 is 1.11 bits per heavy atom. The minimum absolute atomic E-state index is 0.000966. The van der Waals surface area contributed by atoms with Gasteiger partial charge in [-0.2, -0.15) is 5.10 Å². The Morgan fingerprint density at radius 3 is 2.46 bits per heavy atom. The molecule has 0 unspecified atom stereocenters. The maximum absolute atomic E-state index is 12.5. The van der Waals surface area contributed by atoms with E-state index in [1.54, 1.807) is 31.3 Å². The molecule has 7 nitrogen and oxygen atoms in total. The predicted molar refractivity (Wildman–Crippen MR) is 108 cm³/mol. The smallest absolute Gasteiger partial charge is 0.359 e. The molecule has 1 aromatic heterocycles. The summed E-state index contributed by atoms with van der Waals surface area (Å²) in [6.45, 7) is -0.0442. The van der Waals surface area contributed by atoms with Gasteiger partial charge in [0.05, 0.1) is 5.39 Å². The molecule has 0 fully saturated rings. The van der Waals surface area contributed by atoms with Crippen LogP contribution in [-0.4, -0.2) is 40.2 Å². The van der Waals surface area contributed by atoms with Crippen LogP contribution < -0.4 is 5.56 Å².